The second kappa shape index (κ2) is 5.15. The summed E-state index contributed by atoms with van der Waals surface area (Å²) in [6.07, 6.45) is 5.13. The second-order valence-corrected chi connectivity index (χ2v) is 5.16. The molecule has 4 unspecified atom stereocenters. The minimum absolute atomic E-state index is 0.0490. The number of rotatable bonds is 5. The van der Waals surface area contributed by atoms with Gasteiger partial charge < -0.3 is 16.2 Å². The molecule has 2 rings (SSSR count). The fourth-order valence-electron chi connectivity index (χ4n) is 3.29. The molecule has 0 aromatic heterocycles. The van der Waals surface area contributed by atoms with Crippen LogP contribution >= 0.6 is 0 Å². The largest absolute Gasteiger partial charge is 0.396 e. The molecule has 2 bridgehead atoms. The summed E-state index contributed by atoms with van der Waals surface area (Å²) in [6, 6.07) is 0.0802. The SMILES string of the molecule is NC1C2CCC(C2)C1C(=O)NCCCCO. The minimum atomic E-state index is 0.0490. The highest BCUT2D eigenvalue weighted by Crippen LogP contribution is 2.47. The van der Waals surface area contributed by atoms with E-state index in [0.29, 0.717) is 18.4 Å². The van der Waals surface area contributed by atoms with Crippen molar-refractivity contribution in [3.05, 3.63) is 0 Å². The molecule has 92 valence electrons. The summed E-state index contributed by atoms with van der Waals surface area (Å²) in [4.78, 5) is 12.0. The molecule has 0 saturated heterocycles. The summed E-state index contributed by atoms with van der Waals surface area (Å²) in [5.41, 5.74) is 6.09. The number of carbonyl (C=O) groups excluding carboxylic acids is 1. The number of amides is 1. The molecule has 0 spiro atoms. The third-order valence-electron chi connectivity index (χ3n) is 4.17. The van der Waals surface area contributed by atoms with E-state index in [4.69, 9.17) is 10.8 Å². The second-order valence-electron chi connectivity index (χ2n) is 5.16. The van der Waals surface area contributed by atoms with Gasteiger partial charge in [-0.2, -0.15) is 0 Å². The van der Waals surface area contributed by atoms with Crippen LogP contribution in [-0.4, -0.2) is 30.2 Å². The van der Waals surface area contributed by atoms with Crippen molar-refractivity contribution in [3.8, 4) is 0 Å². The zero-order chi connectivity index (χ0) is 11.5. The molecular weight excluding hydrogens is 204 g/mol. The Labute approximate surface area is 96.6 Å². The number of carbonyl (C=O) groups is 1. The van der Waals surface area contributed by atoms with Crippen LogP contribution < -0.4 is 11.1 Å². The molecule has 4 heteroatoms. The molecule has 0 aromatic carbocycles. The van der Waals surface area contributed by atoms with Gasteiger partial charge in [0.2, 0.25) is 5.91 Å². The number of aliphatic hydroxyl groups excluding tert-OH is 1. The first kappa shape index (κ1) is 11.9. The van der Waals surface area contributed by atoms with Gasteiger partial charge in [-0.3, -0.25) is 4.79 Å². The minimum Gasteiger partial charge on any atom is -0.396 e. The van der Waals surface area contributed by atoms with E-state index < -0.39 is 0 Å². The van der Waals surface area contributed by atoms with Crippen LogP contribution in [0.5, 0.6) is 0 Å². The summed E-state index contributed by atoms with van der Waals surface area (Å²) < 4.78 is 0. The van der Waals surface area contributed by atoms with Gasteiger partial charge in [0, 0.05) is 19.2 Å². The van der Waals surface area contributed by atoms with Gasteiger partial charge >= 0.3 is 0 Å². The molecule has 4 N–H and O–H groups in total. The summed E-state index contributed by atoms with van der Waals surface area (Å²) in [5, 5.41) is 11.6. The van der Waals surface area contributed by atoms with Gasteiger partial charge in [0.05, 0.1) is 5.92 Å². The molecule has 1 amide bonds. The van der Waals surface area contributed by atoms with Crippen LogP contribution in [0, 0.1) is 17.8 Å². The van der Waals surface area contributed by atoms with Crippen LogP contribution in [0.1, 0.15) is 32.1 Å². The molecule has 2 aliphatic rings. The van der Waals surface area contributed by atoms with Crippen LogP contribution in [-0.2, 0) is 4.79 Å². The van der Waals surface area contributed by atoms with E-state index in [-0.39, 0.29) is 24.5 Å². The summed E-state index contributed by atoms with van der Waals surface area (Å²) in [6.45, 7) is 0.865. The lowest BCUT2D eigenvalue weighted by molar-refractivity contribution is -0.127. The highest BCUT2D eigenvalue weighted by atomic mass is 16.2. The molecule has 2 saturated carbocycles. The fraction of sp³-hybridized carbons (Fsp3) is 0.917. The maximum absolute atomic E-state index is 12.0. The fourth-order valence-corrected chi connectivity index (χ4v) is 3.29. The average molecular weight is 226 g/mol. The average Bonchev–Trinajstić information content (AvgIpc) is 2.84. The van der Waals surface area contributed by atoms with Crippen molar-refractivity contribution in [2.75, 3.05) is 13.2 Å². The molecule has 0 radical (unpaired) electrons. The van der Waals surface area contributed by atoms with Crippen LogP contribution in [0.3, 0.4) is 0 Å². The van der Waals surface area contributed by atoms with Crippen molar-refractivity contribution < 1.29 is 9.90 Å². The smallest absolute Gasteiger partial charge is 0.224 e. The maximum atomic E-state index is 12.0. The number of aliphatic hydroxyl groups is 1. The lowest BCUT2D eigenvalue weighted by Gasteiger charge is -2.26. The number of hydrogen-bond acceptors (Lipinski definition) is 3. The van der Waals surface area contributed by atoms with Gasteiger partial charge in [-0.25, -0.2) is 0 Å². The number of hydrogen-bond donors (Lipinski definition) is 3. The third-order valence-corrected chi connectivity index (χ3v) is 4.17. The standard InChI is InChI=1S/C12H22N2O2/c13-11-9-4-3-8(7-9)10(11)12(16)14-5-1-2-6-15/h8-11,15H,1-7,13H2,(H,14,16). The van der Waals surface area contributed by atoms with E-state index in [0.717, 1.165) is 19.3 Å². The first-order valence-electron chi connectivity index (χ1n) is 6.38. The van der Waals surface area contributed by atoms with Crippen LogP contribution in [0.25, 0.3) is 0 Å². The van der Waals surface area contributed by atoms with Crippen molar-refractivity contribution in [2.24, 2.45) is 23.5 Å². The van der Waals surface area contributed by atoms with E-state index in [1.807, 2.05) is 0 Å². The predicted molar refractivity (Wildman–Crippen MR) is 61.6 cm³/mol. The molecular formula is C12H22N2O2. The zero-order valence-electron chi connectivity index (χ0n) is 9.69. The van der Waals surface area contributed by atoms with E-state index in [1.54, 1.807) is 0 Å². The van der Waals surface area contributed by atoms with Gasteiger partial charge in [-0.1, -0.05) is 0 Å². The number of nitrogens with two attached hydrogens (primary N) is 1. The zero-order valence-corrected chi connectivity index (χ0v) is 9.69. The van der Waals surface area contributed by atoms with Gasteiger partial charge in [-0.15, -0.1) is 0 Å². The normalized spacial score (nSPS) is 36.6. The molecule has 2 fully saturated rings. The molecule has 0 aliphatic heterocycles. The monoisotopic (exact) mass is 226 g/mol. The molecule has 0 aromatic rings. The molecule has 2 aliphatic carbocycles. The molecule has 0 heterocycles. The first-order valence-corrected chi connectivity index (χ1v) is 6.38. The Morgan fingerprint density at radius 2 is 2.06 bits per heavy atom. The number of nitrogens with one attached hydrogen (secondary N) is 1. The van der Waals surface area contributed by atoms with Gasteiger partial charge in [0.1, 0.15) is 0 Å². The first-order chi connectivity index (χ1) is 7.74. The Hall–Kier alpha value is -0.610. The van der Waals surface area contributed by atoms with Gasteiger partial charge in [0.15, 0.2) is 0 Å². The highest BCUT2D eigenvalue weighted by Gasteiger charge is 2.48. The lowest BCUT2D eigenvalue weighted by atomic mass is 9.84. The van der Waals surface area contributed by atoms with Crippen LogP contribution in [0.2, 0.25) is 0 Å². The Morgan fingerprint density at radius 3 is 2.69 bits per heavy atom. The topological polar surface area (TPSA) is 75.4 Å². The molecule has 4 atom stereocenters. The van der Waals surface area contributed by atoms with E-state index in [1.165, 1.54) is 12.8 Å². The quantitative estimate of drug-likeness (QED) is 0.588. The van der Waals surface area contributed by atoms with Crippen molar-refractivity contribution in [1.29, 1.82) is 0 Å². The number of unbranched alkanes of at least 4 members (excludes halogenated alkanes) is 1. The summed E-state index contributed by atoms with van der Waals surface area (Å²) >= 11 is 0. The maximum Gasteiger partial charge on any atom is 0.224 e. The van der Waals surface area contributed by atoms with E-state index >= 15 is 0 Å². The third kappa shape index (κ3) is 2.23. The van der Waals surface area contributed by atoms with E-state index in [9.17, 15) is 4.79 Å². The van der Waals surface area contributed by atoms with Gasteiger partial charge in [-0.05, 0) is 43.9 Å². The van der Waals surface area contributed by atoms with Crippen molar-refractivity contribution in [1.82, 2.24) is 5.32 Å². The Kier molecular flexibility index (Phi) is 3.82. The summed E-state index contributed by atoms with van der Waals surface area (Å²) in [7, 11) is 0. The molecule has 16 heavy (non-hydrogen) atoms. The number of fused-ring (bicyclic) bond motifs is 2. The lowest BCUT2D eigenvalue weighted by Crippen LogP contribution is -2.45. The highest BCUT2D eigenvalue weighted by molar-refractivity contribution is 5.80. The Bertz CT molecular complexity index is 255. The Morgan fingerprint density at radius 1 is 1.31 bits per heavy atom. The van der Waals surface area contributed by atoms with Crippen molar-refractivity contribution in [2.45, 2.75) is 38.1 Å². The van der Waals surface area contributed by atoms with Gasteiger partial charge in [0.25, 0.3) is 0 Å². The predicted octanol–water partition coefficient (Wildman–Crippen LogP) is 0.248. The summed E-state index contributed by atoms with van der Waals surface area (Å²) in [5.74, 6) is 1.29. The van der Waals surface area contributed by atoms with Crippen molar-refractivity contribution in [3.63, 3.8) is 0 Å². The van der Waals surface area contributed by atoms with Crippen molar-refractivity contribution >= 4 is 5.91 Å². The molecule has 4 nitrogen and oxygen atoms in total. The van der Waals surface area contributed by atoms with Crippen LogP contribution in [0.15, 0.2) is 0 Å². The Balaban J connectivity index is 1.77. The van der Waals surface area contributed by atoms with E-state index in [2.05, 4.69) is 5.32 Å². The van der Waals surface area contributed by atoms with Crippen LogP contribution in [0.4, 0.5) is 0 Å².